The van der Waals surface area contributed by atoms with Gasteiger partial charge >= 0.3 is 0 Å². The monoisotopic (exact) mass is 315 g/mol. The molecule has 0 bridgehead atoms. The van der Waals surface area contributed by atoms with Crippen molar-refractivity contribution in [3.8, 4) is 22.3 Å². The Balaban J connectivity index is 1.68. The largest absolute Gasteiger partial charge is 0.485 e. The lowest BCUT2D eigenvalue weighted by Crippen LogP contribution is -2.40. The van der Waals surface area contributed by atoms with Crippen LogP contribution in [0.25, 0.3) is 10.8 Å². The molecule has 7 heteroatoms. The third kappa shape index (κ3) is 2.05. The van der Waals surface area contributed by atoms with E-state index in [1.165, 1.54) is 11.3 Å². The second-order valence-electron chi connectivity index (χ2n) is 5.26. The van der Waals surface area contributed by atoms with Crippen LogP contribution >= 0.6 is 11.3 Å². The molecule has 1 aromatic carbocycles. The highest BCUT2D eigenvalue weighted by molar-refractivity contribution is 7.13. The van der Waals surface area contributed by atoms with E-state index in [9.17, 15) is 0 Å². The summed E-state index contributed by atoms with van der Waals surface area (Å²) in [6.45, 7) is 4.12. The van der Waals surface area contributed by atoms with E-state index in [2.05, 4.69) is 15.1 Å². The predicted octanol–water partition coefficient (Wildman–Crippen LogP) is 3.19. The van der Waals surface area contributed by atoms with Crippen molar-refractivity contribution in [1.82, 2.24) is 15.1 Å². The quantitative estimate of drug-likeness (QED) is 0.723. The van der Waals surface area contributed by atoms with Gasteiger partial charge < -0.3 is 14.0 Å². The van der Waals surface area contributed by atoms with E-state index >= 15 is 0 Å². The number of hydrogen-bond donors (Lipinski definition) is 0. The molecule has 0 saturated carbocycles. The Morgan fingerprint density at radius 2 is 2.05 bits per heavy atom. The summed E-state index contributed by atoms with van der Waals surface area (Å²) >= 11 is 1.47. The Kier molecular flexibility index (Phi) is 2.90. The molecule has 22 heavy (non-hydrogen) atoms. The second kappa shape index (κ2) is 4.81. The SMILES string of the molecule is Cc1ncsc1-c1nc(C2(C)COc3ccccc3O2)no1. The molecular formula is C15H13N3O3S. The molecule has 0 spiro atoms. The van der Waals surface area contributed by atoms with Crippen molar-refractivity contribution in [3.05, 3.63) is 41.3 Å². The summed E-state index contributed by atoms with van der Waals surface area (Å²) in [6.07, 6.45) is 0. The van der Waals surface area contributed by atoms with Gasteiger partial charge in [0.1, 0.15) is 11.5 Å². The average Bonchev–Trinajstić information content (AvgIpc) is 3.16. The van der Waals surface area contributed by atoms with E-state index < -0.39 is 5.60 Å². The molecule has 0 radical (unpaired) electrons. The van der Waals surface area contributed by atoms with E-state index in [4.69, 9.17) is 14.0 Å². The number of rotatable bonds is 2. The highest BCUT2D eigenvalue weighted by atomic mass is 32.1. The van der Waals surface area contributed by atoms with E-state index in [1.54, 1.807) is 5.51 Å². The van der Waals surface area contributed by atoms with Gasteiger partial charge in [0.25, 0.3) is 5.89 Å². The summed E-state index contributed by atoms with van der Waals surface area (Å²) in [5.41, 5.74) is 1.85. The fourth-order valence-electron chi connectivity index (χ4n) is 2.29. The maximum atomic E-state index is 6.04. The van der Waals surface area contributed by atoms with Crippen molar-refractivity contribution in [2.45, 2.75) is 19.4 Å². The molecule has 0 saturated heterocycles. The first kappa shape index (κ1) is 13.3. The lowest BCUT2D eigenvalue weighted by atomic mass is 10.1. The first-order chi connectivity index (χ1) is 10.7. The maximum absolute atomic E-state index is 6.04. The molecule has 1 aliphatic rings. The van der Waals surface area contributed by atoms with Crippen LogP contribution in [0.15, 0.2) is 34.3 Å². The first-order valence-corrected chi connectivity index (χ1v) is 7.69. The summed E-state index contributed by atoms with van der Waals surface area (Å²) in [7, 11) is 0. The Morgan fingerprint density at radius 1 is 1.23 bits per heavy atom. The number of para-hydroxylation sites is 2. The minimum atomic E-state index is -0.783. The topological polar surface area (TPSA) is 70.3 Å². The second-order valence-corrected chi connectivity index (χ2v) is 6.11. The summed E-state index contributed by atoms with van der Waals surface area (Å²) in [4.78, 5) is 9.54. The predicted molar refractivity (Wildman–Crippen MR) is 80.1 cm³/mol. The molecule has 0 aliphatic carbocycles. The lowest BCUT2D eigenvalue weighted by molar-refractivity contribution is -0.00588. The van der Waals surface area contributed by atoms with E-state index in [1.807, 2.05) is 38.1 Å². The van der Waals surface area contributed by atoms with Gasteiger partial charge in [-0.25, -0.2) is 4.98 Å². The van der Waals surface area contributed by atoms with Crippen molar-refractivity contribution in [1.29, 1.82) is 0 Å². The molecule has 0 fully saturated rings. The molecule has 6 nitrogen and oxygen atoms in total. The molecule has 0 N–H and O–H groups in total. The Hall–Kier alpha value is -2.41. The highest BCUT2D eigenvalue weighted by Gasteiger charge is 2.39. The zero-order valence-corrected chi connectivity index (χ0v) is 12.9. The number of thiazole rings is 1. The smallest absolute Gasteiger partial charge is 0.270 e. The number of nitrogens with zero attached hydrogens (tertiary/aromatic N) is 3. The molecule has 3 heterocycles. The fourth-order valence-corrected chi connectivity index (χ4v) is 3.01. The molecular weight excluding hydrogens is 302 g/mol. The molecule has 112 valence electrons. The minimum absolute atomic E-state index is 0.324. The van der Waals surface area contributed by atoms with Gasteiger partial charge in [-0.3, -0.25) is 0 Å². The van der Waals surface area contributed by atoms with E-state index in [-0.39, 0.29) is 0 Å². The number of hydrogen-bond acceptors (Lipinski definition) is 7. The molecule has 2 aromatic heterocycles. The molecule has 4 rings (SSSR count). The number of fused-ring (bicyclic) bond motifs is 1. The lowest BCUT2D eigenvalue weighted by Gasteiger charge is -2.32. The van der Waals surface area contributed by atoms with Crippen molar-refractivity contribution >= 4 is 11.3 Å². The Labute approximate surface area is 130 Å². The van der Waals surface area contributed by atoms with Crippen LogP contribution < -0.4 is 9.47 Å². The zero-order chi connectivity index (χ0) is 15.2. The summed E-state index contributed by atoms with van der Waals surface area (Å²) in [6, 6.07) is 7.54. The van der Waals surface area contributed by atoms with E-state index in [0.717, 1.165) is 16.3 Å². The van der Waals surface area contributed by atoms with Crippen LogP contribution in [0.1, 0.15) is 18.4 Å². The van der Waals surface area contributed by atoms with Crippen LogP contribution in [0, 0.1) is 6.92 Å². The van der Waals surface area contributed by atoms with Crippen LogP contribution in [-0.2, 0) is 5.60 Å². The third-order valence-electron chi connectivity index (χ3n) is 3.53. The van der Waals surface area contributed by atoms with E-state index in [0.29, 0.717) is 24.1 Å². The summed E-state index contributed by atoms with van der Waals surface area (Å²) in [5, 5.41) is 4.07. The van der Waals surface area contributed by atoms with Crippen LogP contribution in [0.2, 0.25) is 0 Å². The van der Waals surface area contributed by atoms with Crippen LogP contribution in [0.5, 0.6) is 11.5 Å². The Morgan fingerprint density at radius 3 is 2.82 bits per heavy atom. The first-order valence-electron chi connectivity index (χ1n) is 6.81. The van der Waals surface area contributed by atoms with Gasteiger partial charge in [-0.15, -0.1) is 11.3 Å². The van der Waals surface area contributed by atoms with Gasteiger partial charge in [-0.1, -0.05) is 17.3 Å². The highest BCUT2D eigenvalue weighted by Crippen LogP contribution is 2.39. The van der Waals surface area contributed by atoms with Gasteiger partial charge in [-0.2, -0.15) is 4.98 Å². The summed E-state index contributed by atoms with van der Waals surface area (Å²) in [5.74, 6) is 2.32. The van der Waals surface area contributed by atoms with Crippen molar-refractivity contribution < 1.29 is 14.0 Å². The average molecular weight is 315 g/mol. The van der Waals surface area contributed by atoms with Crippen LogP contribution in [0.3, 0.4) is 0 Å². The van der Waals surface area contributed by atoms with Gasteiger partial charge in [0.2, 0.25) is 11.4 Å². The van der Waals surface area contributed by atoms with Gasteiger partial charge in [0, 0.05) is 0 Å². The third-order valence-corrected chi connectivity index (χ3v) is 4.44. The summed E-state index contributed by atoms with van der Waals surface area (Å²) < 4.78 is 17.2. The van der Waals surface area contributed by atoms with Crippen LogP contribution in [0.4, 0.5) is 0 Å². The fraction of sp³-hybridized carbons (Fsp3) is 0.267. The molecule has 1 atom stereocenters. The number of benzene rings is 1. The molecule has 1 unspecified atom stereocenters. The maximum Gasteiger partial charge on any atom is 0.270 e. The molecule has 1 aliphatic heterocycles. The molecule has 3 aromatic rings. The molecule has 0 amide bonds. The minimum Gasteiger partial charge on any atom is -0.485 e. The van der Waals surface area contributed by atoms with Crippen molar-refractivity contribution in [3.63, 3.8) is 0 Å². The Bertz CT molecular complexity index is 829. The number of aromatic nitrogens is 3. The number of aryl methyl sites for hydroxylation is 1. The van der Waals surface area contributed by atoms with Crippen molar-refractivity contribution in [2.75, 3.05) is 6.61 Å². The van der Waals surface area contributed by atoms with Crippen molar-refractivity contribution in [2.24, 2.45) is 0 Å². The standard InChI is InChI=1S/C15H13N3O3S/c1-9-12(22-8-16-9)13-17-14(18-21-13)15(2)7-19-10-5-3-4-6-11(10)20-15/h3-6,8H,7H2,1-2H3. The van der Waals surface area contributed by atoms with Gasteiger partial charge in [0.05, 0.1) is 11.2 Å². The normalized spacial score (nSPS) is 20.1. The van der Waals surface area contributed by atoms with Gasteiger partial charge in [-0.05, 0) is 26.0 Å². The van der Waals surface area contributed by atoms with Crippen LogP contribution in [-0.4, -0.2) is 21.7 Å². The van der Waals surface area contributed by atoms with Gasteiger partial charge in [0.15, 0.2) is 11.5 Å². The number of ether oxygens (including phenoxy) is 2. The zero-order valence-electron chi connectivity index (χ0n) is 12.1.